The zero-order valence-corrected chi connectivity index (χ0v) is 11.1. The van der Waals surface area contributed by atoms with Gasteiger partial charge in [0.25, 0.3) is 0 Å². The molecule has 94 valence electrons. The maximum Gasteiger partial charge on any atom is 0.0867 e. The normalized spacial score (nSPS) is 24.9. The predicted octanol–water partition coefficient (Wildman–Crippen LogP) is 2.99. The molecule has 0 aliphatic carbocycles. The molecule has 2 nitrogen and oxygen atoms in total. The standard InChI is InChI=1S/C15H23NO/c1-11-6-4-8-14(12(11)2)15-13(10-16-3)7-5-9-17-15/h4,6,8,13,15-16H,5,7,9-10H2,1-3H3. The van der Waals surface area contributed by atoms with E-state index in [4.69, 9.17) is 4.74 Å². The van der Waals surface area contributed by atoms with Gasteiger partial charge in [-0.2, -0.15) is 0 Å². The highest BCUT2D eigenvalue weighted by atomic mass is 16.5. The van der Waals surface area contributed by atoms with Gasteiger partial charge in [0.15, 0.2) is 0 Å². The molecule has 1 N–H and O–H groups in total. The Morgan fingerprint density at radius 3 is 2.94 bits per heavy atom. The molecule has 2 heteroatoms. The summed E-state index contributed by atoms with van der Waals surface area (Å²) in [6.45, 7) is 6.32. The minimum absolute atomic E-state index is 0.274. The van der Waals surface area contributed by atoms with Gasteiger partial charge in [-0.05, 0) is 50.4 Å². The third-order valence-electron chi connectivity index (χ3n) is 3.86. The van der Waals surface area contributed by atoms with Gasteiger partial charge in [-0.1, -0.05) is 18.2 Å². The van der Waals surface area contributed by atoms with E-state index in [-0.39, 0.29) is 6.10 Å². The zero-order chi connectivity index (χ0) is 12.3. The molecule has 0 radical (unpaired) electrons. The van der Waals surface area contributed by atoms with E-state index in [1.165, 1.54) is 29.5 Å². The molecule has 1 fully saturated rings. The fourth-order valence-corrected chi connectivity index (χ4v) is 2.74. The van der Waals surface area contributed by atoms with E-state index in [1.807, 2.05) is 7.05 Å². The van der Waals surface area contributed by atoms with Crippen LogP contribution in [0.2, 0.25) is 0 Å². The molecule has 1 heterocycles. The van der Waals surface area contributed by atoms with Crippen LogP contribution in [-0.2, 0) is 4.74 Å². The van der Waals surface area contributed by atoms with E-state index in [0.29, 0.717) is 5.92 Å². The first-order valence-electron chi connectivity index (χ1n) is 6.56. The van der Waals surface area contributed by atoms with Crippen molar-refractivity contribution in [2.75, 3.05) is 20.2 Å². The molecule has 1 aliphatic rings. The molecule has 0 aromatic heterocycles. The average molecular weight is 233 g/mol. The highest BCUT2D eigenvalue weighted by Crippen LogP contribution is 2.35. The molecule has 0 amide bonds. The molecule has 1 aliphatic heterocycles. The van der Waals surface area contributed by atoms with Crippen LogP contribution in [0.5, 0.6) is 0 Å². The SMILES string of the molecule is CNCC1CCCOC1c1cccc(C)c1C. The Labute approximate surface area is 104 Å². The molecule has 1 aromatic rings. The van der Waals surface area contributed by atoms with E-state index >= 15 is 0 Å². The first kappa shape index (κ1) is 12.6. The summed E-state index contributed by atoms with van der Waals surface area (Å²) >= 11 is 0. The molecule has 2 atom stereocenters. The van der Waals surface area contributed by atoms with Crippen LogP contribution in [0.25, 0.3) is 0 Å². The van der Waals surface area contributed by atoms with Crippen molar-refractivity contribution in [3.8, 4) is 0 Å². The van der Waals surface area contributed by atoms with Gasteiger partial charge in [-0.3, -0.25) is 0 Å². The van der Waals surface area contributed by atoms with E-state index in [0.717, 1.165) is 13.2 Å². The summed E-state index contributed by atoms with van der Waals surface area (Å²) in [5.41, 5.74) is 4.13. The van der Waals surface area contributed by atoms with Crippen LogP contribution in [0.4, 0.5) is 0 Å². The second-order valence-electron chi connectivity index (χ2n) is 5.04. The van der Waals surface area contributed by atoms with Crippen molar-refractivity contribution in [2.24, 2.45) is 5.92 Å². The maximum absolute atomic E-state index is 6.02. The Morgan fingerprint density at radius 2 is 2.18 bits per heavy atom. The first-order valence-corrected chi connectivity index (χ1v) is 6.56. The van der Waals surface area contributed by atoms with Crippen molar-refractivity contribution in [1.82, 2.24) is 5.32 Å². The van der Waals surface area contributed by atoms with Crippen LogP contribution in [-0.4, -0.2) is 20.2 Å². The molecule has 1 saturated heterocycles. The third-order valence-corrected chi connectivity index (χ3v) is 3.86. The predicted molar refractivity (Wildman–Crippen MR) is 71.3 cm³/mol. The van der Waals surface area contributed by atoms with Crippen LogP contribution in [0.3, 0.4) is 0 Å². The van der Waals surface area contributed by atoms with E-state index < -0.39 is 0 Å². The summed E-state index contributed by atoms with van der Waals surface area (Å²) in [6, 6.07) is 6.54. The number of hydrogen-bond acceptors (Lipinski definition) is 2. The van der Waals surface area contributed by atoms with Crippen molar-refractivity contribution >= 4 is 0 Å². The molecule has 0 bridgehead atoms. The molecular formula is C15H23NO. The highest BCUT2D eigenvalue weighted by molar-refractivity contribution is 5.35. The summed E-state index contributed by atoms with van der Waals surface area (Å²) in [5, 5.41) is 3.29. The largest absolute Gasteiger partial charge is 0.373 e. The number of benzene rings is 1. The number of hydrogen-bond donors (Lipinski definition) is 1. The summed E-state index contributed by atoms with van der Waals surface area (Å²) in [4.78, 5) is 0. The van der Waals surface area contributed by atoms with Crippen molar-refractivity contribution < 1.29 is 4.74 Å². The second kappa shape index (κ2) is 5.65. The first-order chi connectivity index (χ1) is 8.24. The van der Waals surface area contributed by atoms with Gasteiger partial charge in [0.1, 0.15) is 0 Å². The lowest BCUT2D eigenvalue weighted by Crippen LogP contribution is -2.30. The minimum Gasteiger partial charge on any atom is -0.373 e. The van der Waals surface area contributed by atoms with Crippen LogP contribution in [0.15, 0.2) is 18.2 Å². The molecule has 2 rings (SSSR count). The van der Waals surface area contributed by atoms with Crippen LogP contribution in [0.1, 0.15) is 35.6 Å². The van der Waals surface area contributed by atoms with Crippen LogP contribution >= 0.6 is 0 Å². The summed E-state index contributed by atoms with van der Waals surface area (Å²) in [7, 11) is 2.02. The molecule has 17 heavy (non-hydrogen) atoms. The van der Waals surface area contributed by atoms with Gasteiger partial charge in [0.05, 0.1) is 6.10 Å². The monoisotopic (exact) mass is 233 g/mol. The van der Waals surface area contributed by atoms with Crippen molar-refractivity contribution in [3.63, 3.8) is 0 Å². The van der Waals surface area contributed by atoms with Crippen molar-refractivity contribution in [2.45, 2.75) is 32.8 Å². The van der Waals surface area contributed by atoms with E-state index in [1.54, 1.807) is 0 Å². The average Bonchev–Trinajstić information content (AvgIpc) is 2.34. The number of aryl methyl sites for hydroxylation is 1. The molecule has 2 unspecified atom stereocenters. The maximum atomic E-state index is 6.02. The number of nitrogens with one attached hydrogen (secondary N) is 1. The van der Waals surface area contributed by atoms with Gasteiger partial charge in [0.2, 0.25) is 0 Å². The van der Waals surface area contributed by atoms with Crippen LogP contribution < -0.4 is 5.32 Å². The zero-order valence-electron chi connectivity index (χ0n) is 11.1. The van der Waals surface area contributed by atoms with Gasteiger partial charge >= 0.3 is 0 Å². The Balaban J connectivity index is 2.26. The highest BCUT2D eigenvalue weighted by Gasteiger charge is 2.28. The third kappa shape index (κ3) is 2.70. The molecule has 0 spiro atoms. The van der Waals surface area contributed by atoms with Crippen molar-refractivity contribution in [3.05, 3.63) is 34.9 Å². The molecule has 0 saturated carbocycles. The molecular weight excluding hydrogens is 210 g/mol. The minimum atomic E-state index is 0.274. The van der Waals surface area contributed by atoms with Gasteiger partial charge in [-0.15, -0.1) is 0 Å². The molecule has 1 aromatic carbocycles. The topological polar surface area (TPSA) is 21.3 Å². The quantitative estimate of drug-likeness (QED) is 0.866. The lowest BCUT2D eigenvalue weighted by molar-refractivity contribution is -0.0276. The lowest BCUT2D eigenvalue weighted by Gasteiger charge is -2.33. The summed E-state index contributed by atoms with van der Waals surface area (Å²) < 4.78 is 6.02. The smallest absolute Gasteiger partial charge is 0.0867 e. The van der Waals surface area contributed by atoms with Gasteiger partial charge < -0.3 is 10.1 Å². The van der Waals surface area contributed by atoms with E-state index in [2.05, 4.69) is 37.4 Å². The van der Waals surface area contributed by atoms with Crippen LogP contribution in [0, 0.1) is 19.8 Å². The number of rotatable bonds is 3. The van der Waals surface area contributed by atoms with Crippen molar-refractivity contribution in [1.29, 1.82) is 0 Å². The number of ether oxygens (including phenoxy) is 1. The van der Waals surface area contributed by atoms with Gasteiger partial charge in [0, 0.05) is 19.1 Å². The summed E-state index contributed by atoms with van der Waals surface area (Å²) in [5.74, 6) is 0.606. The summed E-state index contributed by atoms with van der Waals surface area (Å²) in [6.07, 6.45) is 2.73. The van der Waals surface area contributed by atoms with Gasteiger partial charge in [-0.25, -0.2) is 0 Å². The lowest BCUT2D eigenvalue weighted by atomic mass is 9.86. The fourth-order valence-electron chi connectivity index (χ4n) is 2.74. The van der Waals surface area contributed by atoms with E-state index in [9.17, 15) is 0 Å². The Morgan fingerprint density at radius 1 is 1.35 bits per heavy atom. The fraction of sp³-hybridized carbons (Fsp3) is 0.600. The Kier molecular flexibility index (Phi) is 4.19. The second-order valence-corrected chi connectivity index (χ2v) is 5.04. The Hall–Kier alpha value is -0.860. The Bertz CT molecular complexity index is 373.